The smallest absolute Gasteiger partial charge is 0.328 e. The van der Waals surface area contributed by atoms with E-state index in [1.54, 1.807) is 0 Å². The third kappa shape index (κ3) is 32.3. The van der Waals surface area contributed by atoms with Gasteiger partial charge in [0.1, 0.15) is 0 Å². The van der Waals surface area contributed by atoms with E-state index in [9.17, 15) is 4.89 Å². The summed E-state index contributed by atoms with van der Waals surface area (Å²) >= 11 is 0. The summed E-state index contributed by atoms with van der Waals surface area (Å²) in [5, 5.41) is 0. The predicted molar refractivity (Wildman–Crippen MR) is 162 cm³/mol. The van der Waals surface area contributed by atoms with Gasteiger partial charge in [0.2, 0.25) is 0 Å². The Balaban J connectivity index is 3.13. The minimum atomic E-state index is -1.66. The molecule has 0 saturated heterocycles. The second-order valence-corrected chi connectivity index (χ2v) is 12.1. The van der Waals surface area contributed by atoms with Crippen LogP contribution in [0.2, 0.25) is 0 Å². The summed E-state index contributed by atoms with van der Waals surface area (Å²) in [6.45, 7) is 5.85. The average Bonchev–Trinajstić information content (AvgIpc) is 2.88. The zero-order chi connectivity index (χ0) is 26.2. The quantitative estimate of drug-likeness (QED) is 0.0694. The van der Waals surface area contributed by atoms with Crippen LogP contribution in [0.3, 0.4) is 0 Å². The van der Waals surface area contributed by atoms with Gasteiger partial charge in [-0.15, -0.1) is 0 Å². The van der Waals surface area contributed by atoms with Gasteiger partial charge in [0.25, 0.3) is 0 Å². The molecule has 0 spiro atoms. The fourth-order valence-corrected chi connectivity index (χ4v) is 5.56. The molecule has 0 rings (SSSR count). The highest BCUT2D eigenvalue weighted by Gasteiger charge is 2.06. The molecule has 1 N–H and O–H groups in total. The Morgan fingerprint density at radius 1 is 0.333 bits per heavy atom. The molecule has 0 fully saturated rings. The summed E-state index contributed by atoms with van der Waals surface area (Å²) in [6, 6.07) is 0. The van der Waals surface area contributed by atoms with E-state index in [-0.39, 0.29) is 0 Å². The lowest BCUT2D eigenvalue weighted by atomic mass is 10.0. The molecular formula is C32H67O3P. The lowest BCUT2D eigenvalue weighted by Crippen LogP contribution is -1.95. The first-order chi connectivity index (χ1) is 17.8. The Morgan fingerprint density at radius 3 is 0.750 bits per heavy atom. The van der Waals surface area contributed by atoms with E-state index in [1.165, 1.54) is 167 Å². The van der Waals surface area contributed by atoms with E-state index in [2.05, 4.69) is 13.8 Å². The highest BCUT2D eigenvalue weighted by molar-refractivity contribution is 7.40. The van der Waals surface area contributed by atoms with Crippen LogP contribution in [-0.4, -0.2) is 18.1 Å². The van der Waals surface area contributed by atoms with Crippen LogP contribution in [0.1, 0.15) is 194 Å². The van der Waals surface area contributed by atoms with Gasteiger partial charge in [-0.05, 0) is 12.8 Å². The summed E-state index contributed by atoms with van der Waals surface area (Å²) in [6.07, 6.45) is 38.1. The molecule has 3 nitrogen and oxygen atoms in total. The van der Waals surface area contributed by atoms with E-state index in [1.807, 2.05) is 0 Å². The van der Waals surface area contributed by atoms with Gasteiger partial charge >= 0.3 is 8.60 Å². The molecule has 0 aliphatic carbocycles. The maximum absolute atomic E-state index is 9.88. The maximum Gasteiger partial charge on any atom is 0.329 e. The molecule has 0 unspecified atom stereocenters. The third-order valence-corrected chi connectivity index (χ3v) is 8.21. The van der Waals surface area contributed by atoms with Gasteiger partial charge in [0.05, 0.1) is 13.2 Å². The van der Waals surface area contributed by atoms with Crippen LogP contribution in [0.4, 0.5) is 0 Å². The molecule has 36 heavy (non-hydrogen) atoms. The zero-order valence-electron chi connectivity index (χ0n) is 24.9. The lowest BCUT2D eigenvalue weighted by molar-refractivity contribution is 0.193. The van der Waals surface area contributed by atoms with Crippen molar-refractivity contribution in [3.05, 3.63) is 0 Å². The van der Waals surface area contributed by atoms with Gasteiger partial charge in [-0.3, -0.25) is 0 Å². The standard InChI is InChI=1S/C32H67O3P/c1-3-5-7-9-11-13-15-17-19-21-23-25-27-29-31-34-36(33)35-32-30-28-26-24-22-20-18-16-14-12-10-8-6-4-2/h33H,3-32H2,1-2H3. The normalized spacial score (nSPS) is 11.7. The second-order valence-electron chi connectivity index (χ2n) is 11.1. The van der Waals surface area contributed by atoms with Gasteiger partial charge in [-0.1, -0.05) is 181 Å². The van der Waals surface area contributed by atoms with E-state index >= 15 is 0 Å². The molecule has 0 saturated carbocycles. The number of rotatable bonds is 32. The van der Waals surface area contributed by atoms with E-state index in [0.717, 1.165) is 12.8 Å². The summed E-state index contributed by atoms with van der Waals surface area (Å²) in [5.74, 6) is 0. The van der Waals surface area contributed by atoms with E-state index < -0.39 is 8.60 Å². The van der Waals surface area contributed by atoms with Crippen molar-refractivity contribution in [3.63, 3.8) is 0 Å². The van der Waals surface area contributed by atoms with Gasteiger partial charge in [-0.25, -0.2) is 0 Å². The van der Waals surface area contributed by atoms with Crippen molar-refractivity contribution in [3.8, 4) is 0 Å². The van der Waals surface area contributed by atoms with Crippen molar-refractivity contribution in [1.29, 1.82) is 0 Å². The summed E-state index contributed by atoms with van der Waals surface area (Å²) in [5.41, 5.74) is 0. The van der Waals surface area contributed by atoms with Crippen molar-refractivity contribution in [2.45, 2.75) is 194 Å². The Morgan fingerprint density at radius 2 is 0.528 bits per heavy atom. The second kappa shape index (κ2) is 33.3. The number of unbranched alkanes of at least 4 members (excludes halogenated alkanes) is 26. The van der Waals surface area contributed by atoms with Gasteiger partial charge < -0.3 is 13.9 Å². The highest BCUT2D eigenvalue weighted by Crippen LogP contribution is 2.33. The molecular weight excluding hydrogens is 463 g/mol. The molecule has 0 aromatic heterocycles. The predicted octanol–water partition coefficient (Wildman–Crippen LogP) is 12.2. The fourth-order valence-electron chi connectivity index (χ4n) is 4.92. The molecule has 0 radical (unpaired) electrons. The van der Waals surface area contributed by atoms with Crippen LogP contribution in [0.15, 0.2) is 0 Å². The first-order valence-electron chi connectivity index (χ1n) is 16.6. The average molecular weight is 531 g/mol. The summed E-state index contributed by atoms with van der Waals surface area (Å²) in [4.78, 5) is 9.88. The Labute approximate surface area is 229 Å². The maximum atomic E-state index is 9.88. The van der Waals surface area contributed by atoms with Crippen LogP contribution < -0.4 is 0 Å². The van der Waals surface area contributed by atoms with Gasteiger partial charge in [0.15, 0.2) is 0 Å². The molecule has 0 heterocycles. The molecule has 4 heteroatoms. The van der Waals surface area contributed by atoms with Gasteiger partial charge in [-0.2, -0.15) is 0 Å². The first-order valence-corrected chi connectivity index (χ1v) is 17.7. The third-order valence-electron chi connectivity index (χ3n) is 7.40. The SMILES string of the molecule is CCCCCCCCCCCCCCCCOP(O)OCCCCCCCCCCCCCCCC. The van der Waals surface area contributed by atoms with Gasteiger partial charge in [0, 0.05) is 0 Å². The molecule has 0 aliphatic heterocycles. The van der Waals surface area contributed by atoms with E-state index in [4.69, 9.17) is 9.05 Å². The number of hydrogen-bond acceptors (Lipinski definition) is 3. The molecule has 0 atom stereocenters. The summed E-state index contributed by atoms with van der Waals surface area (Å²) < 4.78 is 10.9. The van der Waals surface area contributed by atoms with Crippen molar-refractivity contribution < 1.29 is 13.9 Å². The van der Waals surface area contributed by atoms with Crippen LogP contribution >= 0.6 is 8.60 Å². The zero-order valence-corrected chi connectivity index (χ0v) is 25.8. The number of hydrogen-bond donors (Lipinski definition) is 1. The largest absolute Gasteiger partial charge is 0.329 e. The minimum absolute atomic E-state index is 0.638. The summed E-state index contributed by atoms with van der Waals surface area (Å²) in [7, 11) is -1.66. The Bertz CT molecular complexity index is 346. The Kier molecular flexibility index (Phi) is 33.6. The fraction of sp³-hybridized carbons (Fsp3) is 1.00. The van der Waals surface area contributed by atoms with Crippen molar-refractivity contribution in [2.24, 2.45) is 0 Å². The van der Waals surface area contributed by atoms with Crippen LogP contribution in [0.25, 0.3) is 0 Å². The molecule has 0 aromatic carbocycles. The lowest BCUT2D eigenvalue weighted by Gasteiger charge is -2.10. The first kappa shape index (κ1) is 36.3. The van der Waals surface area contributed by atoms with Crippen LogP contribution in [0.5, 0.6) is 0 Å². The van der Waals surface area contributed by atoms with Crippen molar-refractivity contribution >= 4 is 8.60 Å². The topological polar surface area (TPSA) is 38.7 Å². The van der Waals surface area contributed by atoms with Crippen LogP contribution in [-0.2, 0) is 9.05 Å². The van der Waals surface area contributed by atoms with Crippen LogP contribution in [0, 0.1) is 0 Å². The van der Waals surface area contributed by atoms with Crippen molar-refractivity contribution in [2.75, 3.05) is 13.2 Å². The highest BCUT2D eigenvalue weighted by atomic mass is 31.2. The van der Waals surface area contributed by atoms with Crippen molar-refractivity contribution in [1.82, 2.24) is 0 Å². The molecule has 0 aliphatic rings. The molecule has 0 aromatic rings. The monoisotopic (exact) mass is 530 g/mol. The van der Waals surface area contributed by atoms with E-state index in [0.29, 0.717) is 13.2 Å². The minimum Gasteiger partial charge on any atom is -0.328 e. The molecule has 0 bridgehead atoms. The molecule has 218 valence electrons. The Hall–Kier alpha value is 0.310. The molecule has 0 amide bonds.